The summed E-state index contributed by atoms with van der Waals surface area (Å²) < 4.78 is 21.2. The van der Waals surface area contributed by atoms with E-state index < -0.39 is 0 Å². The Morgan fingerprint density at radius 1 is 1.17 bits per heavy atom. The van der Waals surface area contributed by atoms with Gasteiger partial charge < -0.3 is 14.6 Å². The summed E-state index contributed by atoms with van der Waals surface area (Å²) in [6, 6.07) is 15.0. The predicted molar refractivity (Wildman–Crippen MR) is 91.6 cm³/mol. The topological polar surface area (TPSA) is 26.2 Å². The monoisotopic (exact) mass is 312 g/mol. The molecule has 1 unspecified atom stereocenters. The van der Waals surface area contributed by atoms with E-state index >= 15 is 0 Å². The fraction of sp³-hybridized carbons (Fsp3) is 0.263. The third-order valence-electron chi connectivity index (χ3n) is 4.17. The molecule has 1 atom stereocenters. The van der Waals surface area contributed by atoms with Gasteiger partial charge in [0.25, 0.3) is 0 Å². The minimum absolute atomic E-state index is 0.0720. The van der Waals surface area contributed by atoms with E-state index in [0.29, 0.717) is 0 Å². The van der Waals surface area contributed by atoms with Crippen molar-refractivity contribution >= 4 is 10.9 Å². The summed E-state index contributed by atoms with van der Waals surface area (Å²) in [6.45, 7) is 0.852. The summed E-state index contributed by atoms with van der Waals surface area (Å²) in [6.07, 6.45) is 2.94. The van der Waals surface area contributed by atoms with Crippen molar-refractivity contribution in [2.75, 3.05) is 20.7 Å². The zero-order valence-electron chi connectivity index (χ0n) is 13.4. The normalized spacial score (nSPS) is 12.5. The second-order valence-electron chi connectivity index (χ2n) is 5.61. The van der Waals surface area contributed by atoms with Crippen molar-refractivity contribution in [3.8, 4) is 5.75 Å². The van der Waals surface area contributed by atoms with Gasteiger partial charge in [0.1, 0.15) is 11.6 Å². The molecule has 3 nitrogen and oxygen atoms in total. The van der Waals surface area contributed by atoms with E-state index in [-0.39, 0.29) is 11.9 Å². The number of methoxy groups -OCH3 is 1. The largest absolute Gasteiger partial charge is 0.497 e. The van der Waals surface area contributed by atoms with Crippen molar-refractivity contribution in [2.45, 2.75) is 12.5 Å². The Morgan fingerprint density at radius 3 is 2.78 bits per heavy atom. The molecule has 1 aromatic heterocycles. The SMILES string of the molecule is CNCCC(c1cccc(F)c1)n1ccc2ccc(OC)cc21. The number of hydrogen-bond donors (Lipinski definition) is 1. The molecule has 0 saturated carbocycles. The smallest absolute Gasteiger partial charge is 0.123 e. The number of ether oxygens (including phenoxy) is 1. The van der Waals surface area contributed by atoms with E-state index in [2.05, 4.69) is 22.1 Å². The van der Waals surface area contributed by atoms with E-state index in [0.717, 1.165) is 35.2 Å². The lowest BCUT2D eigenvalue weighted by Crippen LogP contribution is -2.17. The van der Waals surface area contributed by atoms with E-state index in [1.54, 1.807) is 19.2 Å². The molecule has 0 amide bonds. The van der Waals surface area contributed by atoms with Gasteiger partial charge in [-0.2, -0.15) is 0 Å². The molecule has 0 bridgehead atoms. The fourth-order valence-electron chi connectivity index (χ4n) is 2.99. The summed E-state index contributed by atoms with van der Waals surface area (Å²) in [5, 5.41) is 4.33. The Morgan fingerprint density at radius 2 is 2.04 bits per heavy atom. The van der Waals surface area contributed by atoms with Gasteiger partial charge in [0.05, 0.1) is 18.7 Å². The lowest BCUT2D eigenvalue weighted by Gasteiger charge is -2.21. The van der Waals surface area contributed by atoms with Crippen LogP contribution in [-0.4, -0.2) is 25.3 Å². The van der Waals surface area contributed by atoms with Crippen LogP contribution < -0.4 is 10.1 Å². The molecule has 0 aliphatic carbocycles. The van der Waals surface area contributed by atoms with E-state index in [4.69, 9.17) is 4.74 Å². The van der Waals surface area contributed by atoms with Crippen molar-refractivity contribution in [2.24, 2.45) is 0 Å². The molecule has 3 rings (SSSR count). The summed E-state index contributed by atoms with van der Waals surface area (Å²) >= 11 is 0. The maximum absolute atomic E-state index is 13.7. The van der Waals surface area contributed by atoms with Gasteiger partial charge in [0, 0.05) is 12.3 Å². The van der Waals surface area contributed by atoms with Crippen LogP contribution in [0.3, 0.4) is 0 Å². The van der Waals surface area contributed by atoms with Crippen LogP contribution in [0.15, 0.2) is 54.7 Å². The molecule has 0 saturated heterocycles. The summed E-state index contributed by atoms with van der Waals surface area (Å²) in [5.41, 5.74) is 2.07. The molecule has 4 heteroatoms. The van der Waals surface area contributed by atoms with Crippen LogP contribution in [0.25, 0.3) is 10.9 Å². The second-order valence-corrected chi connectivity index (χ2v) is 5.61. The van der Waals surface area contributed by atoms with Gasteiger partial charge in [-0.3, -0.25) is 0 Å². The minimum Gasteiger partial charge on any atom is -0.497 e. The van der Waals surface area contributed by atoms with E-state index in [9.17, 15) is 4.39 Å². The quantitative estimate of drug-likeness (QED) is 0.745. The molecule has 0 aliphatic heterocycles. The van der Waals surface area contributed by atoms with Crippen molar-refractivity contribution in [1.29, 1.82) is 0 Å². The molecule has 120 valence electrons. The molecule has 0 radical (unpaired) electrons. The highest BCUT2D eigenvalue weighted by atomic mass is 19.1. The van der Waals surface area contributed by atoms with Gasteiger partial charge in [0.15, 0.2) is 0 Å². The number of aromatic nitrogens is 1. The third kappa shape index (κ3) is 3.22. The van der Waals surface area contributed by atoms with Gasteiger partial charge in [-0.25, -0.2) is 4.39 Å². The van der Waals surface area contributed by atoms with Crippen molar-refractivity contribution < 1.29 is 9.13 Å². The van der Waals surface area contributed by atoms with Crippen LogP contribution >= 0.6 is 0 Å². The van der Waals surface area contributed by atoms with Crippen molar-refractivity contribution in [3.05, 3.63) is 66.1 Å². The molecule has 1 heterocycles. The Hall–Kier alpha value is -2.33. The van der Waals surface area contributed by atoms with Crippen molar-refractivity contribution in [1.82, 2.24) is 9.88 Å². The number of halogens is 1. The molecule has 23 heavy (non-hydrogen) atoms. The lowest BCUT2D eigenvalue weighted by atomic mass is 10.0. The minimum atomic E-state index is -0.203. The van der Waals surface area contributed by atoms with E-state index in [1.165, 1.54) is 6.07 Å². The maximum Gasteiger partial charge on any atom is 0.123 e. The first-order valence-electron chi connectivity index (χ1n) is 7.77. The summed E-state index contributed by atoms with van der Waals surface area (Å²) in [7, 11) is 3.60. The third-order valence-corrected chi connectivity index (χ3v) is 4.17. The zero-order chi connectivity index (χ0) is 16.2. The number of hydrogen-bond acceptors (Lipinski definition) is 2. The number of fused-ring (bicyclic) bond motifs is 1. The molecule has 0 fully saturated rings. The molecule has 0 spiro atoms. The number of benzene rings is 2. The lowest BCUT2D eigenvalue weighted by molar-refractivity contribution is 0.415. The average Bonchev–Trinajstić information content (AvgIpc) is 2.98. The second kappa shape index (κ2) is 6.84. The van der Waals surface area contributed by atoms with Crippen LogP contribution in [0.4, 0.5) is 4.39 Å². The molecule has 2 aromatic carbocycles. The van der Waals surface area contributed by atoms with Crippen LogP contribution in [-0.2, 0) is 0 Å². The highest BCUT2D eigenvalue weighted by Crippen LogP contribution is 2.30. The molecule has 0 aliphatic rings. The van der Waals surface area contributed by atoms with Crippen molar-refractivity contribution in [3.63, 3.8) is 0 Å². The number of rotatable bonds is 6. The first-order chi connectivity index (χ1) is 11.2. The van der Waals surface area contributed by atoms with E-state index in [1.807, 2.05) is 31.3 Å². The molecule has 1 N–H and O–H groups in total. The Kier molecular flexibility index (Phi) is 4.63. The predicted octanol–water partition coefficient (Wildman–Crippen LogP) is 3.99. The van der Waals surface area contributed by atoms with Crippen LogP contribution in [0.1, 0.15) is 18.0 Å². The number of nitrogens with one attached hydrogen (secondary N) is 1. The standard InChI is InChI=1S/C19H21FN2O/c1-21-10-8-18(15-4-3-5-16(20)12-15)22-11-9-14-6-7-17(23-2)13-19(14)22/h3-7,9,11-13,18,21H,8,10H2,1-2H3. The Bertz CT molecular complexity index is 797. The van der Waals surface area contributed by atoms with Gasteiger partial charge in [-0.15, -0.1) is 0 Å². The average molecular weight is 312 g/mol. The maximum atomic E-state index is 13.7. The van der Waals surface area contributed by atoms with Crippen LogP contribution in [0.5, 0.6) is 5.75 Å². The Labute approximate surface area is 135 Å². The number of nitrogens with zero attached hydrogens (tertiary/aromatic N) is 1. The first kappa shape index (κ1) is 15.6. The molecular formula is C19H21FN2O. The first-order valence-corrected chi connectivity index (χ1v) is 7.77. The van der Waals surface area contributed by atoms with Gasteiger partial charge >= 0.3 is 0 Å². The highest BCUT2D eigenvalue weighted by Gasteiger charge is 2.16. The molecular weight excluding hydrogens is 291 g/mol. The highest BCUT2D eigenvalue weighted by molar-refractivity contribution is 5.82. The van der Waals surface area contributed by atoms with Crippen LogP contribution in [0.2, 0.25) is 0 Å². The molecule has 3 aromatic rings. The van der Waals surface area contributed by atoms with Crippen LogP contribution in [0, 0.1) is 5.82 Å². The van der Waals surface area contributed by atoms with Gasteiger partial charge in [-0.1, -0.05) is 12.1 Å². The summed E-state index contributed by atoms with van der Waals surface area (Å²) in [5.74, 6) is 0.620. The summed E-state index contributed by atoms with van der Waals surface area (Å²) in [4.78, 5) is 0. The Balaban J connectivity index is 2.09. The zero-order valence-corrected chi connectivity index (χ0v) is 13.4. The fourth-order valence-corrected chi connectivity index (χ4v) is 2.99. The van der Waals surface area contributed by atoms with Gasteiger partial charge in [-0.05, 0) is 61.3 Å². The van der Waals surface area contributed by atoms with Gasteiger partial charge in [0.2, 0.25) is 0 Å².